The lowest BCUT2D eigenvalue weighted by molar-refractivity contribution is -0.123. The van der Waals surface area contributed by atoms with Gasteiger partial charge in [-0.3, -0.25) is 10.1 Å². The summed E-state index contributed by atoms with van der Waals surface area (Å²) < 4.78 is 0. The van der Waals surface area contributed by atoms with Crippen LogP contribution in [0.1, 0.15) is 37.4 Å². The molecule has 0 aromatic heterocycles. The van der Waals surface area contributed by atoms with Gasteiger partial charge in [0.25, 0.3) is 0 Å². The summed E-state index contributed by atoms with van der Waals surface area (Å²) in [4.78, 5) is 11.3. The summed E-state index contributed by atoms with van der Waals surface area (Å²) in [5.41, 5.74) is 6.65. The molecule has 2 rings (SSSR count). The Morgan fingerprint density at radius 1 is 1.53 bits per heavy atom. The third-order valence-corrected chi connectivity index (χ3v) is 3.40. The Balaban J connectivity index is 2.24. The number of hydrogen-bond donors (Lipinski definition) is 3. The van der Waals surface area contributed by atoms with Gasteiger partial charge in [-0.2, -0.15) is 0 Å². The lowest BCUT2D eigenvalue weighted by Gasteiger charge is -2.27. The van der Waals surface area contributed by atoms with Crippen LogP contribution in [0.25, 0.3) is 0 Å². The Bertz CT molecular complexity index is 455. The number of primary amides is 1. The number of rotatable bonds is 3. The number of fused-ring (bicyclic) bond motifs is 1. The fourth-order valence-corrected chi connectivity index (χ4v) is 2.29. The first-order valence-corrected chi connectivity index (χ1v) is 5.80. The second-order valence-electron chi connectivity index (χ2n) is 5.07. The highest BCUT2D eigenvalue weighted by Gasteiger charge is 2.32. The van der Waals surface area contributed by atoms with Crippen LogP contribution in [-0.2, 0) is 11.2 Å². The zero-order valence-corrected chi connectivity index (χ0v) is 10.2. The van der Waals surface area contributed by atoms with Crippen LogP contribution in [0.3, 0.4) is 0 Å². The van der Waals surface area contributed by atoms with Gasteiger partial charge >= 0.3 is 0 Å². The SMILES string of the molecule is CC(C)(NC1CCc2c(O)cccc21)C(N)=O. The number of nitrogens with one attached hydrogen (secondary N) is 1. The number of phenolic OH excluding ortho intramolecular Hbond substituents is 1. The first-order chi connectivity index (χ1) is 7.92. The normalized spacial score (nSPS) is 19.1. The Hall–Kier alpha value is -1.55. The van der Waals surface area contributed by atoms with Crippen molar-refractivity contribution in [1.82, 2.24) is 5.32 Å². The Labute approximate surface area is 101 Å². The molecule has 1 aromatic carbocycles. The summed E-state index contributed by atoms with van der Waals surface area (Å²) in [6.45, 7) is 3.55. The Morgan fingerprint density at radius 2 is 2.24 bits per heavy atom. The minimum absolute atomic E-state index is 0.0830. The number of phenols is 1. The van der Waals surface area contributed by atoms with Crippen molar-refractivity contribution >= 4 is 5.91 Å². The standard InChI is InChI=1S/C13H18N2O2/c1-13(2,12(14)17)15-10-7-6-9-8(10)4-3-5-11(9)16/h3-5,10,15-16H,6-7H2,1-2H3,(H2,14,17). The van der Waals surface area contributed by atoms with Crippen LogP contribution in [0, 0.1) is 0 Å². The van der Waals surface area contributed by atoms with E-state index in [2.05, 4.69) is 5.32 Å². The van der Waals surface area contributed by atoms with E-state index in [1.54, 1.807) is 19.9 Å². The topological polar surface area (TPSA) is 75.3 Å². The lowest BCUT2D eigenvalue weighted by Crippen LogP contribution is -2.51. The summed E-state index contributed by atoms with van der Waals surface area (Å²) in [5.74, 6) is -0.0326. The minimum Gasteiger partial charge on any atom is -0.508 e. The molecule has 0 saturated carbocycles. The van der Waals surface area contributed by atoms with Gasteiger partial charge in [0.2, 0.25) is 5.91 Å². The van der Waals surface area contributed by atoms with E-state index in [4.69, 9.17) is 5.73 Å². The number of amides is 1. The third-order valence-electron chi connectivity index (χ3n) is 3.40. The minimum atomic E-state index is -0.738. The van der Waals surface area contributed by atoms with Gasteiger partial charge in [-0.05, 0) is 43.9 Å². The van der Waals surface area contributed by atoms with Crippen LogP contribution in [0.4, 0.5) is 0 Å². The number of carbonyl (C=O) groups is 1. The first-order valence-electron chi connectivity index (χ1n) is 5.80. The Kier molecular flexibility index (Phi) is 2.83. The van der Waals surface area contributed by atoms with Gasteiger partial charge in [0.1, 0.15) is 5.75 Å². The van der Waals surface area contributed by atoms with E-state index in [-0.39, 0.29) is 11.9 Å². The van der Waals surface area contributed by atoms with E-state index in [0.717, 1.165) is 24.0 Å². The van der Waals surface area contributed by atoms with Crippen molar-refractivity contribution < 1.29 is 9.90 Å². The van der Waals surface area contributed by atoms with Gasteiger partial charge < -0.3 is 10.8 Å². The Morgan fingerprint density at radius 3 is 2.88 bits per heavy atom. The summed E-state index contributed by atoms with van der Waals surface area (Å²) in [6, 6.07) is 5.59. The molecule has 1 aromatic rings. The molecule has 1 atom stereocenters. The maximum absolute atomic E-state index is 11.3. The molecule has 4 heteroatoms. The fourth-order valence-electron chi connectivity index (χ4n) is 2.29. The number of hydrogen-bond acceptors (Lipinski definition) is 3. The van der Waals surface area contributed by atoms with E-state index in [9.17, 15) is 9.90 Å². The molecule has 0 bridgehead atoms. The van der Waals surface area contributed by atoms with E-state index >= 15 is 0 Å². The van der Waals surface area contributed by atoms with Gasteiger partial charge in [-0.15, -0.1) is 0 Å². The van der Waals surface area contributed by atoms with Gasteiger partial charge in [0.05, 0.1) is 5.54 Å². The summed E-state index contributed by atoms with van der Waals surface area (Å²) >= 11 is 0. The molecule has 0 aliphatic heterocycles. The highest BCUT2D eigenvalue weighted by atomic mass is 16.3. The van der Waals surface area contributed by atoms with Crippen LogP contribution in [0.15, 0.2) is 18.2 Å². The molecule has 17 heavy (non-hydrogen) atoms. The van der Waals surface area contributed by atoms with Crippen molar-refractivity contribution in [2.24, 2.45) is 5.73 Å². The molecule has 1 aliphatic carbocycles. The van der Waals surface area contributed by atoms with Crippen molar-refractivity contribution in [1.29, 1.82) is 0 Å². The zero-order valence-electron chi connectivity index (χ0n) is 10.2. The summed E-state index contributed by atoms with van der Waals surface area (Å²) in [7, 11) is 0. The van der Waals surface area contributed by atoms with Gasteiger partial charge in [0.15, 0.2) is 0 Å². The molecule has 1 amide bonds. The average molecular weight is 234 g/mol. The maximum atomic E-state index is 11.3. The van der Waals surface area contributed by atoms with Crippen LogP contribution in [-0.4, -0.2) is 16.6 Å². The smallest absolute Gasteiger partial charge is 0.237 e. The van der Waals surface area contributed by atoms with Crippen LogP contribution in [0.2, 0.25) is 0 Å². The predicted octanol–water partition coefficient (Wildman–Crippen LogP) is 1.23. The van der Waals surface area contributed by atoms with E-state index in [1.807, 2.05) is 12.1 Å². The quantitative estimate of drug-likeness (QED) is 0.736. The van der Waals surface area contributed by atoms with Crippen LogP contribution >= 0.6 is 0 Å². The number of benzene rings is 1. The molecule has 1 unspecified atom stereocenters. The molecule has 0 fully saturated rings. The fraction of sp³-hybridized carbons (Fsp3) is 0.462. The molecule has 1 aliphatic rings. The van der Waals surface area contributed by atoms with E-state index in [0.29, 0.717) is 5.75 Å². The maximum Gasteiger partial charge on any atom is 0.237 e. The van der Waals surface area contributed by atoms with E-state index < -0.39 is 5.54 Å². The number of carbonyl (C=O) groups excluding carboxylic acids is 1. The molecular formula is C13H18N2O2. The van der Waals surface area contributed by atoms with E-state index in [1.165, 1.54) is 0 Å². The molecule has 4 N–H and O–H groups in total. The largest absolute Gasteiger partial charge is 0.508 e. The summed E-state index contributed by atoms with van der Waals surface area (Å²) in [5, 5.41) is 13.0. The van der Waals surface area contributed by atoms with Crippen LogP contribution in [0.5, 0.6) is 5.75 Å². The van der Waals surface area contributed by atoms with Crippen molar-refractivity contribution in [3.8, 4) is 5.75 Å². The highest BCUT2D eigenvalue weighted by molar-refractivity contribution is 5.83. The second-order valence-corrected chi connectivity index (χ2v) is 5.07. The average Bonchev–Trinajstić information content (AvgIpc) is 2.62. The third kappa shape index (κ3) is 2.13. The monoisotopic (exact) mass is 234 g/mol. The van der Waals surface area contributed by atoms with Crippen LogP contribution < -0.4 is 11.1 Å². The van der Waals surface area contributed by atoms with Crippen molar-refractivity contribution in [3.63, 3.8) is 0 Å². The zero-order chi connectivity index (χ0) is 12.6. The summed E-state index contributed by atoms with van der Waals surface area (Å²) in [6.07, 6.45) is 1.71. The lowest BCUT2D eigenvalue weighted by atomic mass is 10.0. The number of aromatic hydroxyl groups is 1. The predicted molar refractivity (Wildman–Crippen MR) is 65.6 cm³/mol. The highest BCUT2D eigenvalue weighted by Crippen LogP contribution is 2.37. The molecule has 92 valence electrons. The molecule has 0 spiro atoms. The van der Waals surface area contributed by atoms with Gasteiger partial charge in [-0.25, -0.2) is 0 Å². The molecule has 4 nitrogen and oxygen atoms in total. The molecule has 0 heterocycles. The molecule has 0 radical (unpaired) electrons. The van der Waals surface area contributed by atoms with Gasteiger partial charge in [-0.1, -0.05) is 12.1 Å². The first kappa shape index (κ1) is 11.9. The van der Waals surface area contributed by atoms with Crippen molar-refractivity contribution in [3.05, 3.63) is 29.3 Å². The molecule has 0 saturated heterocycles. The molecular weight excluding hydrogens is 216 g/mol. The van der Waals surface area contributed by atoms with Gasteiger partial charge in [0, 0.05) is 6.04 Å². The van der Waals surface area contributed by atoms with Crippen molar-refractivity contribution in [2.45, 2.75) is 38.3 Å². The number of nitrogens with two attached hydrogens (primary N) is 1. The second kappa shape index (κ2) is 4.04. The van der Waals surface area contributed by atoms with Crippen molar-refractivity contribution in [2.75, 3.05) is 0 Å².